The van der Waals surface area contributed by atoms with Crippen LogP contribution in [0.15, 0.2) is 12.2 Å². The van der Waals surface area contributed by atoms with E-state index in [0.717, 1.165) is 56.0 Å². The minimum atomic E-state index is -2.02. The van der Waals surface area contributed by atoms with Gasteiger partial charge in [0.2, 0.25) is 0 Å². The molecule has 2 unspecified atom stereocenters. The summed E-state index contributed by atoms with van der Waals surface area (Å²) in [4.78, 5) is 14.4. The average molecular weight is 742 g/mol. The molecule has 0 aromatic rings. The summed E-state index contributed by atoms with van der Waals surface area (Å²) in [6, 6.07) is 3.41. The first-order valence-corrected chi connectivity index (χ1v) is 24.2. The molecule has 8 heteroatoms. The number of fused-ring (bicyclic) bond motifs is 4. The second kappa shape index (κ2) is 13.6. The lowest BCUT2D eigenvalue weighted by Crippen LogP contribution is -2.61. The minimum absolute atomic E-state index is 0.00241. The molecule has 0 aromatic carbocycles. The summed E-state index contributed by atoms with van der Waals surface area (Å²) in [5.41, 5.74) is 1.89. The average Bonchev–Trinajstić information content (AvgIpc) is 3.74. The fraction of sp³-hybridized carbons (Fsp3) is 0.932. The van der Waals surface area contributed by atoms with Crippen LogP contribution in [-0.4, -0.2) is 76.8 Å². The number of hydrogen-bond acceptors (Lipinski definition) is 6. The highest BCUT2D eigenvalue weighted by atomic mass is 28.4. The molecule has 7 rings (SSSR count). The van der Waals surface area contributed by atoms with Crippen molar-refractivity contribution in [2.45, 2.75) is 188 Å². The molecule has 52 heavy (non-hydrogen) atoms. The zero-order chi connectivity index (χ0) is 37.6. The highest BCUT2D eigenvalue weighted by Crippen LogP contribution is 2.89. The Morgan fingerprint density at radius 2 is 1.62 bits per heavy atom. The summed E-state index contributed by atoms with van der Waals surface area (Å²) >= 11 is 0. The topological polar surface area (TPSA) is 66.5 Å². The van der Waals surface area contributed by atoms with Crippen molar-refractivity contribution in [2.24, 2.45) is 50.7 Å². The van der Waals surface area contributed by atoms with Gasteiger partial charge in [-0.3, -0.25) is 0 Å². The first-order chi connectivity index (χ1) is 24.5. The second-order valence-corrected chi connectivity index (χ2v) is 25.1. The molecule has 0 N–H and O–H groups in total. The lowest BCUT2D eigenvalue weighted by molar-refractivity contribution is -0.242. The second-order valence-electron chi connectivity index (χ2n) is 20.4. The highest BCUT2D eigenvalue weighted by Gasteiger charge is 2.85. The van der Waals surface area contributed by atoms with Crippen molar-refractivity contribution in [3.63, 3.8) is 0 Å². The smallest absolute Gasteiger partial charge is 0.409 e. The van der Waals surface area contributed by atoms with E-state index < -0.39 is 14.4 Å². The van der Waals surface area contributed by atoms with Crippen LogP contribution in [0.4, 0.5) is 4.79 Å². The van der Waals surface area contributed by atoms with Crippen molar-refractivity contribution in [1.82, 2.24) is 4.90 Å². The Morgan fingerprint density at radius 3 is 2.23 bits per heavy atom. The van der Waals surface area contributed by atoms with E-state index in [9.17, 15) is 4.79 Å². The third-order valence-corrected chi connectivity index (χ3v) is 22.5. The lowest BCUT2D eigenvalue weighted by atomic mass is 9.41. The van der Waals surface area contributed by atoms with Gasteiger partial charge < -0.3 is 28.3 Å². The Balaban J connectivity index is 1.24. The van der Waals surface area contributed by atoms with E-state index in [-0.39, 0.29) is 53.0 Å². The molecule has 1 amide bonds. The molecule has 0 aromatic heterocycles. The molecule has 14 atom stereocenters. The molecule has 296 valence electrons. The van der Waals surface area contributed by atoms with Gasteiger partial charge in [-0.05, 0) is 147 Å². The Labute approximate surface area is 318 Å². The molecule has 7 aliphatic rings. The maximum absolute atomic E-state index is 12.9. The Bertz CT molecular complexity index is 1350. The fourth-order valence-electron chi connectivity index (χ4n) is 14.9. The van der Waals surface area contributed by atoms with Crippen molar-refractivity contribution >= 4 is 14.4 Å². The quantitative estimate of drug-likeness (QED) is 0.126. The number of amides is 1. The van der Waals surface area contributed by atoms with Crippen molar-refractivity contribution in [2.75, 3.05) is 20.7 Å². The van der Waals surface area contributed by atoms with Gasteiger partial charge in [0.25, 0.3) is 0 Å². The molecule has 7 fully saturated rings. The van der Waals surface area contributed by atoms with Gasteiger partial charge in [0.1, 0.15) is 0 Å². The van der Waals surface area contributed by atoms with Gasteiger partial charge in [0.05, 0.1) is 24.4 Å². The summed E-state index contributed by atoms with van der Waals surface area (Å²) in [6.07, 6.45) is 12.5. The molecule has 0 radical (unpaired) electrons. The van der Waals surface area contributed by atoms with E-state index in [2.05, 4.69) is 62.0 Å². The van der Waals surface area contributed by atoms with Crippen LogP contribution in [-0.2, 0) is 23.4 Å². The largest absolute Gasteiger partial charge is 0.439 e. The van der Waals surface area contributed by atoms with E-state index in [4.69, 9.17) is 23.4 Å². The monoisotopic (exact) mass is 742 g/mol. The molecule has 2 spiro atoms. The molecular formula is C44H75NO6Si. The van der Waals surface area contributed by atoms with E-state index in [1.165, 1.54) is 49.8 Å². The molecule has 0 bridgehead atoms. The van der Waals surface area contributed by atoms with Crippen LogP contribution < -0.4 is 0 Å². The van der Waals surface area contributed by atoms with Crippen LogP contribution in [0.1, 0.15) is 133 Å². The van der Waals surface area contributed by atoms with Gasteiger partial charge in [-0.15, -0.1) is 0 Å². The SMILES string of the molecule is C=C(C)[C@@H](OC(=O)N(C)C)[C@H]1C[C@@H](C)[C@H]2[C@H](O1)[C@H](O[Si](CC)(CC)CC)[C@@]1(C)[C@@H]3CC[C@H]4C(C)(C)C(O[C@H]5CCCCO5)CC[C@@]45CC35CC[C@]21C. The molecule has 2 heterocycles. The third-order valence-electron chi connectivity index (χ3n) is 17.9. The van der Waals surface area contributed by atoms with Gasteiger partial charge in [-0.1, -0.05) is 62.0 Å². The number of rotatable bonds is 10. The van der Waals surface area contributed by atoms with Crippen molar-refractivity contribution in [3.8, 4) is 0 Å². The summed E-state index contributed by atoms with van der Waals surface area (Å²) in [5, 5.41) is 0. The maximum atomic E-state index is 12.9. The zero-order valence-electron chi connectivity index (χ0n) is 35.0. The van der Waals surface area contributed by atoms with Crippen LogP contribution in [0.5, 0.6) is 0 Å². The van der Waals surface area contributed by atoms with Crippen LogP contribution in [0.2, 0.25) is 18.1 Å². The molecular weight excluding hydrogens is 667 g/mol. The van der Waals surface area contributed by atoms with Crippen LogP contribution in [0.3, 0.4) is 0 Å². The van der Waals surface area contributed by atoms with Gasteiger partial charge in [-0.2, -0.15) is 0 Å². The Morgan fingerprint density at radius 1 is 0.942 bits per heavy atom. The number of hydrogen-bond donors (Lipinski definition) is 0. The van der Waals surface area contributed by atoms with Gasteiger partial charge in [-0.25, -0.2) is 4.79 Å². The van der Waals surface area contributed by atoms with Crippen molar-refractivity contribution in [1.29, 1.82) is 0 Å². The molecule has 2 saturated heterocycles. The van der Waals surface area contributed by atoms with Gasteiger partial charge in [0, 0.05) is 26.1 Å². The van der Waals surface area contributed by atoms with Crippen LogP contribution in [0, 0.1) is 50.7 Å². The maximum Gasteiger partial charge on any atom is 0.409 e. The first kappa shape index (κ1) is 39.3. The number of ether oxygens (including phenoxy) is 4. The number of carbonyl (C=O) groups is 1. The minimum Gasteiger partial charge on any atom is -0.439 e. The number of carbonyl (C=O) groups excluding carboxylic acids is 1. The predicted octanol–water partition coefficient (Wildman–Crippen LogP) is 10.4. The normalized spacial score (nSPS) is 46.8. The zero-order valence-corrected chi connectivity index (χ0v) is 36.0. The standard InChI is InChI=1S/C44H75NO6Si/c1-13-52(14-2,15-3)51-38-37-35(29(6)26-30(48-37)36(28(4)5)50-39(46)45(11)12)41(9)23-24-44-27-43(44)22-21-33(49-34-18-16-17-25-47-34)40(7,8)31(43)19-20-32(44)42(38,41)10/h29-38H,4,13-27H2,1-3,5-12H3/t29-,30-,31+,32+,33?,34+,35+,36-,37+,38+,41-,42-,43-,44?/m1/s1. The summed E-state index contributed by atoms with van der Waals surface area (Å²) < 4.78 is 34.5. The summed E-state index contributed by atoms with van der Waals surface area (Å²) in [5.74, 6) is 2.14. The van der Waals surface area contributed by atoms with E-state index in [1.807, 2.05) is 6.92 Å². The van der Waals surface area contributed by atoms with Gasteiger partial charge in [0.15, 0.2) is 20.7 Å². The van der Waals surface area contributed by atoms with Crippen molar-refractivity contribution in [3.05, 3.63) is 12.2 Å². The van der Waals surface area contributed by atoms with Crippen LogP contribution >= 0.6 is 0 Å². The Kier molecular flexibility index (Phi) is 10.3. The van der Waals surface area contributed by atoms with E-state index in [1.54, 1.807) is 14.1 Å². The van der Waals surface area contributed by atoms with E-state index >= 15 is 0 Å². The molecule has 5 saturated carbocycles. The van der Waals surface area contributed by atoms with Crippen LogP contribution in [0.25, 0.3) is 0 Å². The first-order valence-electron chi connectivity index (χ1n) is 21.6. The van der Waals surface area contributed by atoms with Gasteiger partial charge >= 0.3 is 6.09 Å². The number of nitrogens with zero attached hydrogens (tertiary/aromatic N) is 1. The Hall–Kier alpha value is -0.933. The fourth-order valence-corrected chi connectivity index (χ4v) is 17.8. The highest BCUT2D eigenvalue weighted by molar-refractivity contribution is 6.73. The third kappa shape index (κ3) is 5.54. The summed E-state index contributed by atoms with van der Waals surface area (Å²) in [7, 11) is 1.47. The predicted molar refractivity (Wildman–Crippen MR) is 209 cm³/mol. The molecule has 7 nitrogen and oxygen atoms in total. The summed E-state index contributed by atoms with van der Waals surface area (Å²) in [6.45, 7) is 27.2. The van der Waals surface area contributed by atoms with E-state index in [0.29, 0.717) is 34.5 Å². The lowest BCUT2D eigenvalue weighted by Gasteiger charge is -2.64. The molecule has 5 aliphatic carbocycles. The molecule has 2 aliphatic heterocycles. The van der Waals surface area contributed by atoms with Crippen molar-refractivity contribution < 1.29 is 28.2 Å².